The lowest BCUT2D eigenvalue weighted by molar-refractivity contribution is 0.509. The maximum Gasteiger partial charge on any atom is 0.148 e. The average Bonchev–Trinajstić information content (AvgIpc) is 2.37. The molecule has 1 atom stereocenters. The van der Waals surface area contributed by atoms with Gasteiger partial charge in [-0.2, -0.15) is 0 Å². The van der Waals surface area contributed by atoms with Crippen molar-refractivity contribution in [3.8, 4) is 0 Å². The van der Waals surface area contributed by atoms with Crippen LogP contribution in [-0.2, 0) is 6.42 Å². The number of nitrogen functional groups attached to an aromatic ring is 1. The molecule has 0 saturated carbocycles. The van der Waals surface area contributed by atoms with E-state index in [4.69, 9.17) is 5.84 Å². The van der Waals surface area contributed by atoms with E-state index < -0.39 is 0 Å². The Balaban J connectivity index is 3.06. The van der Waals surface area contributed by atoms with Crippen LogP contribution in [0.2, 0.25) is 0 Å². The zero-order valence-electron chi connectivity index (χ0n) is 12.0. The number of rotatable bonds is 6. The normalized spacial score (nSPS) is 12.6. The van der Waals surface area contributed by atoms with E-state index in [1.807, 2.05) is 13.8 Å². The highest BCUT2D eigenvalue weighted by atomic mass is 15.3. The highest BCUT2D eigenvalue weighted by molar-refractivity contribution is 5.57. The molecule has 0 aromatic carbocycles. The summed E-state index contributed by atoms with van der Waals surface area (Å²) in [7, 11) is 0. The highest BCUT2D eigenvalue weighted by Crippen LogP contribution is 2.22. The van der Waals surface area contributed by atoms with Gasteiger partial charge >= 0.3 is 0 Å². The molecule has 0 spiro atoms. The third-order valence-corrected chi connectivity index (χ3v) is 3.21. The molecule has 18 heavy (non-hydrogen) atoms. The van der Waals surface area contributed by atoms with Crippen molar-refractivity contribution in [3.05, 3.63) is 11.4 Å². The maximum absolute atomic E-state index is 5.50. The van der Waals surface area contributed by atoms with Crippen molar-refractivity contribution < 1.29 is 0 Å². The predicted molar refractivity (Wildman–Crippen MR) is 76.5 cm³/mol. The molecule has 0 aliphatic carbocycles. The summed E-state index contributed by atoms with van der Waals surface area (Å²) in [6.07, 6.45) is 1.86. The number of hydrogen-bond donors (Lipinski definition) is 3. The van der Waals surface area contributed by atoms with Gasteiger partial charge in [0.25, 0.3) is 0 Å². The first-order valence-electron chi connectivity index (χ1n) is 6.64. The number of aromatic nitrogens is 2. The van der Waals surface area contributed by atoms with Crippen molar-refractivity contribution in [1.29, 1.82) is 0 Å². The lowest BCUT2D eigenvalue weighted by atomic mass is 10.0. The zero-order chi connectivity index (χ0) is 13.7. The van der Waals surface area contributed by atoms with Crippen LogP contribution in [0.4, 0.5) is 11.6 Å². The zero-order valence-corrected chi connectivity index (χ0v) is 12.0. The van der Waals surface area contributed by atoms with Crippen LogP contribution in [0, 0.1) is 12.8 Å². The third-order valence-electron chi connectivity index (χ3n) is 3.21. The van der Waals surface area contributed by atoms with E-state index in [1.54, 1.807) is 0 Å². The van der Waals surface area contributed by atoms with Crippen molar-refractivity contribution in [2.45, 2.75) is 53.5 Å². The fourth-order valence-electron chi connectivity index (χ4n) is 1.92. The van der Waals surface area contributed by atoms with Crippen molar-refractivity contribution >= 4 is 11.6 Å². The Morgan fingerprint density at radius 1 is 1.17 bits per heavy atom. The molecular formula is C13H25N5. The maximum atomic E-state index is 5.50. The monoisotopic (exact) mass is 251 g/mol. The van der Waals surface area contributed by atoms with Crippen molar-refractivity contribution in [1.82, 2.24) is 9.97 Å². The molecule has 1 aromatic heterocycles. The molecule has 1 heterocycles. The van der Waals surface area contributed by atoms with Crippen molar-refractivity contribution in [2.75, 3.05) is 10.7 Å². The Labute approximate surface area is 110 Å². The summed E-state index contributed by atoms with van der Waals surface area (Å²) in [5.74, 6) is 8.44. The summed E-state index contributed by atoms with van der Waals surface area (Å²) >= 11 is 0. The van der Waals surface area contributed by atoms with Crippen molar-refractivity contribution in [3.63, 3.8) is 0 Å². The topological polar surface area (TPSA) is 75.9 Å². The van der Waals surface area contributed by atoms with E-state index in [2.05, 4.69) is 41.5 Å². The average molecular weight is 251 g/mol. The van der Waals surface area contributed by atoms with Crippen LogP contribution in [0.1, 0.15) is 45.5 Å². The van der Waals surface area contributed by atoms with Gasteiger partial charge in [0, 0.05) is 18.0 Å². The molecule has 1 rings (SSSR count). The van der Waals surface area contributed by atoms with Crippen LogP contribution in [0.3, 0.4) is 0 Å². The van der Waals surface area contributed by atoms with Crippen LogP contribution >= 0.6 is 0 Å². The Kier molecular flexibility index (Phi) is 5.34. The van der Waals surface area contributed by atoms with Crippen LogP contribution < -0.4 is 16.6 Å². The molecule has 5 heteroatoms. The molecule has 5 nitrogen and oxygen atoms in total. The summed E-state index contributed by atoms with van der Waals surface area (Å²) in [4.78, 5) is 8.91. The molecule has 4 N–H and O–H groups in total. The molecule has 0 aliphatic heterocycles. The van der Waals surface area contributed by atoms with E-state index in [1.165, 1.54) is 0 Å². The first-order valence-corrected chi connectivity index (χ1v) is 6.64. The van der Waals surface area contributed by atoms with Gasteiger partial charge in [0.1, 0.15) is 17.5 Å². The number of anilines is 2. The van der Waals surface area contributed by atoms with Gasteiger partial charge in [-0.05, 0) is 19.3 Å². The fourth-order valence-corrected chi connectivity index (χ4v) is 1.92. The molecule has 0 bridgehead atoms. The Morgan fingerprint density at radius 2 is 1.78 bits per heavy atom. The SMILES string of the molecule is CCc1nc(NN)c(C)c(NC(CC)C(C)C)n1. The summed E-state index contributed by atoms with van der Waals surface area (Å²) in [6.45, 7) is 10.6. The van der Waals surface area contributed by atoms with E-state index >= 15 is 0 Å². The highest BCUT2D eigenvalue weighted by Gasteiger charge is 2.15. The van der Waals surface area contributed by atoms with Crippen molar-refractivity contribution in [2.24, 2.45) is 11.8 Å². The molecule has 0 aliphatic rings. The van der Waals surface area contributed by atoms with Crippen LogP contribution in [-0.4, -0.2) is 16.0 Å². The fraction of sp³-hybridized carbons (Fsp3) is 0.692. The van der Waals surface area contributed by atoms with Crippen LogP contribution in [0.15, 0.2) is 0 Å². The van der Waals surface area contributed by atoms with Gasteiger partial charge in [0.15, 0.2) is 0 Å². The Hall–Kier alpha value is -1.36. The molecule has 1 unspecified atom stereocenters. The third kappa shape index (κ3) is 3.32. The van der Waals surface area contributed by atoms with Gasteiger partial charge < -0.3 is 10.7 Å². The minimum atomic E-state index is 0.411. The van der Waals surface area contributed by atoms with Gasteiger partial charge in [-0.15, -0.1) is 0 Å². The number of hydrazine groups is 1. The molecular weight excluding hydrogens is 226 g/mol. The number of nitrogens with one attached hydrogen (secondary N) is 2. The number of nitrogens with zero attached hydrogens (tertiary/aromatic N) is 2. The number of aryl methyl sites for hydroxylation is 1. The molecule has 102 valence electrons. The molecule has 0 fully saturated rings. The standard InChI is InChI=1S/C13H25N5/c1-6-10(8(3)4)15-12-9(5)13(18-14)17-11(7-2)16-12/h8,10H,6-7,14H2,1-5H3,(H2,15,16,17,18). The summed E-state index contributed by atoms with van der Waals surface area (Å²) in [6, 6.07) is 0.411. The van der Waals surface area contributed by atoms with Gasteiger partial charge in [0.2, 0.25) is 0 Å². The van der Waals surface area contributed by atoms with E-state index in [-0.39, 0.29) is 0 Å². The molecule has 0 amide bonds. The predicted octanol–water partition coefficient (Wildman–Crippen LogP) is 2.48. The second kappa shape index (κ2) is 6.54. The minimum absolute atomic E-state index is 0.411. The molecule has 0 radical (unpaired) electrons. The van der Waals surface area contributed by atoms with E-state index in [0.717, 1.165) is 30.0 Å². The lowest BCUT2D eigenvalue weighted by Crippen LogP contribution is -2.26. The smallest absolute Gasteiger partial charge is 0.148 e. The molecule has 1 aromatic rings. The van der Waals surface area contributed by atoms with Gasteiger partial charge in [-0.25, -0.2) is 15.8 Å². The first kappa shape index (κ1) is 14.7. The van der Waals surface area contributed by atoms with Gasteiger partial charge in [-0.3, -0.25) is 0 Å². The number of nitrogens with two attached hydrogens (primary N) is 1. The van der Waals surface area contributed by atoms with Gasteiger partial charge in [-0.1, -0.05) is 27.7 Å². The van der Waals surface area contributed by atoms with Crippen LogP contribution in [0.5, 0.6) is 0 Å². The second-order valence-electron chi connectivity index (χ2n) is 4.86. The van der Waals surface area contributed by atoms with Gasteiger partial charge in [0.05, 0.1) is 0 Å². The molecule has 0 saturated heterocycles. The second-order valence-corrected chi connectivity index (χ2v) is 4.86. The minimum Gasteiger partial charge on any atom is -0.367 e. The van der Waals surface area contributed by atoms with Crippen LogP contribution in [0.25, 0.3) is 0 Å². The Bertz CT molecular complexity index is 389. The first-order chi connectivity index (χ1) is 8.53. The van der Waals surface area contributed by atoms with E-state index in [0.29, 0.717) is 17.8 Å². The number of hydrogen-bond acceptors (Lipinski definition) is 5. The lowest BCUT2D eigenvalue weighted by Gasteiger charge is -2.23. The Morgan fingerprint density at radius 3 is 2.22 bits per heavy atom. The largest absolute Gasteiger partial charge is 0.367 e. The summed E-state index contributed by atoms with van der Waals surface area (Å²) < 4.78 is 0. The summed E-state index contributed by atoms with van der Waals surface area (Å²) in [5, 5.41) is 3.50. The van der Waals surface area contributed by atoms with E-state index in [9.17, 15) is 0 Å². The quantitative estimate of drug-likeness (QED) is 0.535. The summed E-state index contributed by atoms with van der Waals surface area (Å²) in [5.41, 5.74) is 3.61.